The Hall–Kier alpha value is -1.92. The van der Waals surface area contributed by atoms with Crippen LogP contribution in [0.2, 0.25) is 0 Å². The van der Waals surface area contributed by atoms with Crippen LogP contribution in [0.1, 0.15) is 18.4 Å². The fraction of sp³-hybridized carbons (Fsp3) is 0.650. The van der Waals surface area contributed by atoms with Crippen LogP contribution in [-0.2, 0) is 20.8 Å². The summed E-state index contributed by atoms with van der Waals surface area (Å²) in [5.41, 5.74) is 6.14. The van der Waals surface area contributed by atoms with Crippen LogP contribution in [0.5, 0.6) is 5.75 Å². The summed E-state index contributed by atoms with van der Waals surface area (Å²) in [7, 11) is 0. The average molecular weight is 445 g/mol. The molecule has 3 aliphatic rings. The lowest BCUT2D eigenvalue weighted by molar-refractivity contribution is -0.274. The summed E-state index contributed by atoms with van der Waals surface area (Å²) in [6.07, 6.45) is -5.12. The van der Waals surface area contributed by atoms with E-state index >= 15 is 0 Å². The standard InChI is InChI=1S/C20H26F3N3O5/c21-20(22,23)31-13-3-1-11(2-4-13)9-25-15-14-10-29-19(30-14)16(17(15)27)26-7-5-12(6-8-26)18(24)28/h1-4,12,14-17,19,25,27H,5-10H2,(H2,24,28)/t14-,15-,16-,17+,19-/m1/s1. The number of likely N-dealkylation sites (tertiary alicyclic amines) is 1. The van der Waals surface area contributed by atoms with Crippen LogP contribution in [0.4, 0.5) is 13.2 Å². The molecule has 1 aromatic carbocycles. The number of hydrogen-bond donors (Lipinski definition) is 3. The molecule has 11 heteroatoms. The number of carbonyl (C=O) groups is 1. The van der Waals surface area contributed by atoms with E-state index < -0.39 is 24.8 Å². The summed E-state index contributed by atoms with van der Waals surface area (Å²) in [5.74, 6) is -0.749. The number of aliphatic hydroxyl groups is 1. The average Bonchev–Trinajstić information content (AvgIpc) is 3.13. The Bertz CT molecular complexity index is 770. The smallest absolute Gasteiger partial charge is 0.406 e. The number of benzene rings is 1. The fourth-order valence-electron chi connectivity index (χ4n) is 4.57. The van der Waals surface area contributed by atoms with Crippen molar-refractivity contribution in [2.45, 2.75) is 56.3 Å². The zero-order valence-electron chi connectivity index (χ0n) is 16.8. The number of fused-ring (bicyclic) bond motifs is 2. The minimum atomic E-state index is -4.73. The van der Waals surface area contributed by atoms with Crippen molar-refractivity contribution in [3.05, 3.63) is 29.8 Å². The van der Waals surface area contributed by atoms with Gasteiger partial charge in [-0.05, 0) is 43.6 Å². The van der Waals surface area contributed by atoms with Gasteiger partial charge in [0.15, 0.2) is 6.29 Å². The highest BCUT2D eigenvalue weighted by atomic mass is 19.4. The van der Waals surface area contributed by atoms with Crippen LogP contribution in [-0.4, -0.2) is 72.6 Å². The molecule has 3 saturated heterocycles. The summed E-state index contributed by atoms with van der Waals surface area (Å²) in [6.45, 7) is 1.88. The molecule has 1 aromatic rings. The van der Waals surface area contributed by atoms with Crippen LogP contribution < -0.4 is 15.8 Å². The molecular formula is C20H26F3N3O5. The Morgan fingerprint density at radius 3 is 2.55 bits per heavy atom. The maximum atomic E-state index is 12.3. The number of rotatable bonds is 6. The van der Waals surface area contributed by atoms with Crippen molar-refractivity contribution in [1.29, 1.82) is 0 Å². The number of nitrogens with zero attached hydrogens (tertiary/aromatic N) is 1. The summed E-state index contributed by atoms with van der Waals surface area (Å²) in [6, 6.07) is 4.77. The summed E-state index contributed by atoms with van der Waals surface area (Å²) in [4.78, 5) is 13.5. The van der Waals surface area contributed by atoms with Crippen molar-refractivity contribution in [2.24, 2.45) is 11.7 Å². The first-order valence-corrected chi connectivity index (χ1v) is 10.3. The van der Waals surface area contributed by atoms with Crippen molar-refractivity contribution in [3.8, 4) is 5.75 Å². The van der Waals surface area contributed by atoms with Crippen molar-refractivity contribution in [1.82, 2.24) is 10.2 Å². The van der Waals surface area contributed by atoms with Gasteiger partial charge < -0.3 is 30.4 Å². The van der Waals surface area contributed by atoms with Crippen molar-refractivity contribution in [2.75, 3.05) is 19.7 Å². The van der Waals surface area contributed by atoms with Gasteiger partial charge in [0.05, 0.1) is 24.8 Å². The molecule has 3 fully saturated rings. The summed E-state index contributed by atoms with van der Waals surface area (Å²) >= 11 is 0. The Labute approximate surface area is 177 Å². The first-order chi connectivity index (χ1) is 14.7. The van der Waals surface area contributed by atoms with Gasteiger partial charge in [-0.1, -0.05) is 12.1 Å². The maximum Gasteiger partial charge on any atom is 0.573 e. The first kappa shape index (κ1) is 22.3. The zero-order valence-corrected chi connectivity index (χ0v) is 16.8. The SMILES string of the molecule is NC(=O)C1CCN([C@H]2[C@@H]3OC[C@@H](O3)[C@@H](NCc3ccc(OC(F)(F)F)cc3)[C@@H]2O)CC1. The fourth-order valence-corrected chi connectivity index (χ4v) is 4.57. The molecule has 31 heavy (non-hydrogen) atoms. The van der Waals surface area contributed by atoms with Crippen LogP contribution >= 0.6 is 0 Å². The van der Waals surface area contributed by atoms with E-state index in [1.165, 1.54) is 24.3 Å². The molecule has 1 amide bonds. The number of piperidine rings is 1. The van der Waals surface area contributed by atoms with Gasteiger partial charge in [-0.25, -0.2) is 0 Å². The molecule has 3 heterocycles. The Morgan fingerprint density at radius 2 is 1.94 bits per heavy atom. The number of alkyl halides is 3. The van der Waals surface area contributed by atoms with Gasteiger partial charge in [-0.3, -0.25) is 9.69 Å². The molecule has 4 rings (SSSR count). The second kappa shape index (κ2) is 8.91. The Morgan fingerprint density at radius 1 is 1.26 bits per heavy atom. The normalized spacial score (nSPS) is 32.2. The third-order valence-corrected chi connectivity index (χ3v) is 6.18. The number of aliphatic hydroxyl groups excluding tert-OH is 1. The number of halogens is 3. The van der Waals surface area contributed by atoms with E-state index in [-0.39, 0.29) is 29.7 Å². The van der Waals surface area contributed by atoms with E-state index in [4.69, 9.17) is 15.2 Å². The predicted molar refractivity (Wildman–Crippen MR) is 102 cm³/mol. The first-order valence-electron chi connectivity index (χ1n) is 10.3. The van der Waals surface area contributed by atoms with Gasteiger partial charge in [0.1, 0.15) is 11.9 Å². The molecule has 5 atom stereocenters. The number of primary amides is 1. The molecule has 0 saturated carbocycles. The Balaban J connectivity index is 1.37. The second-order valence-electron chi connectivity index (χ2n) is 8.17. The molecule has 0 radical (unpaired) electrons. The van der Waals surface area contributed by atoms with Crippen LogP contribution in [0, 0.1) is 5.92 Å². The quantitative estimate of drug-likeness (QED) is 0.593. The van der Waals surface area contributed by atoms with Gasteiger partial charge in [-0.2, -0.15) is 0 Å². The van der Waals surface area contributed by atoms with Gasteiger partial charge in [-0.15, -0.1) is 13.2 Å². The van der Waals surface area contributed by atoms with Gasteiger partial charge >= 0.3 is 6.36 Å². The lowest BCUT2D eigenvalue weighted by atomic mass is 9.90. The van der Waals surface area contributed by atoms with E-state index in [0.717, 1.165) is 5.56 Å². The predicted octanol–water partition coefficient (Wildman–Crippen LogP) is 0.725. The van der Waals surface area contributed by atoms with Gasteiger partial charge in [0.2, 0.25) is 5.91 Å². The van der Waals surface area contributed by atoms with E-state index in [9.17, 15) is 23.1 Å². The number of carbonyl (C=O) groups excluding carboxylic acids is 1. The molecule has 0 aliphatic carbocycles. The van der Waals surface area contributed by atoms with Crippen molar-refractivity contribution < 1.29 is 37.3 Å². The molecule has 172 valence electrons. The van der Waals surface area contributed by atoms with Gasteiger partial charge in [0, 0.05) is 12.5 Å². The number of nitrogens with two attached hydrogens (primary N) is 1. The molecule has 0 spiro atoms. The minimum Gasteiger partial charge on any atom is -0.406 e. The monoisotopic (exact) mass is 445 g/mol. The maximum absolute atomic E-state index is 12.3. The highest BCUT2D eigenvalue weighted by molar-refractivity contribution is 5.76. The summed E-state index contributed by atoms with van der Waals surface area (Å²) < 4.78 is 52.5. The van der Waals surface area contributed by atoms with Crippen molar-refractivity contribution >= 4 is 5.91 Å². The van der Waals surface area contributed by atoms with E-state index in [2.05, 4.69) is 15.0 Å². The Kier molecular flexibility index (Phi) is 6.40. The number of nitrogens with one attached hydrogen (secondary N) is 1. The minimum absolute atomic E-state index is 0.159. The number of amides is 1. The zero-order chi connectivity index (χ0) is 22.2. The van der Waals surface area contributed by atoms with E-state index in [0.29, 0.717) is 39.1 Å². The summed E-state index contributed by atoms with van der Waals surface area (Å²) in [5, 5.41) is 14.3. The van der Waals surface area contributed by atoms with Crippen LogP contribution in [0.15, 0.2) is 24.3 Å². The van der Waals surface area contributed by atoms with Gasteiger partial charge in [0.25, 0.3) is 0 Å². The highest BCUT2D eigenvalue weighted by Crippen LogP contribution is 2.33. The molecule has 0 unspecified atom stereocenters. The largest absolute Gasteiger partial charge is 0.573 e. The molecule has 0 aromatic heterocycles. The van der Waals surface area contributed by atoms with E-state index in [1.807, 2.05) is 0 Å². The lowest BCUT2D eigenvalue weighted by Crippen LogP contribution is -2.65. The lowest BCUT2D eigenvalue weighted by Gasteiger charge is -2.46. The van der Waals surface area contributed by atoms with Crippen LogP contribution in [0.25, 0.3) is 0 Å². The number of ether oxygens (including phenoxy) is 3. The van der Waals surface area contributed by atoms with Crippen LogP contribution in [0.3, 0.4) is 0 Å². The molecular weight excluding hydrogens is 419 g/mol. The molecule has 4 N–H and O–H groups in total. The van der Waals surface area contributed by atoms with Crippen molar-refractivity contribution in [3.63, 3.8) is 0 Å². The van der Waals surface area contributed by atoms with E-state index in [1.54, 1.807) is 0 Å². The highest BCUT2D eigenvalue weighted by Gasteiger charge is 2.52. The topological polar surface area (TPSA) is 106 Å². The molecule has 3 aliphatic heterocycles. The second-order valence-corrected chi connectivity index (χ2v) is 8.17. The number of hydrogen-bond acceptors (Lipinski definition) is 7. The third-order valence-electron chi connectivity index (χ3n) is 6.18. The third kappa shape index (κ3) is 5.12. The molecule has 8 nitrogen and oxygen atoms in total. The molecule has 2 bridgehead atoms.